The molecular weight excluding hydrogens is 338 g/mol. The van der Waals surface area contributed by atoms with E-state index in [2.05, 4.69) is 10.0 Å². The van der Waals surface area contributed by atoms with Gasteiger partial charge in [0.1, 0.15) is 5.69 Å². The number of benzene rings is 2. The number of nitrogens with zero attached hydrogens (tertiary/aromatic N) is 1. The number of aromatic hydroxyl groups is 1. The Morgan fingerprint density at radius 1 is 1.21 bits per heavy atom. The van der Waals surface area contributed by atoms with Crippen molar-refractivity contribution >= 4 is 27.1 Å². The zero-order valence-corrected chi connectivity index (χ0v) is 13.6. The van der Waals surface area contributed by atoms with Crippen molar-refractivity contribution in [2.45, 2.75) is 4.90 Å². The van der Waals surface area contributed by atoms with Crippen molar-refractivity contribution in [1.29, 1.82) is 0 Å². The van der Waals surface area contributed by atoms with E-state index in [0.717, 1.165) is 6.07 Å². The number of hydrogen-bond acceptors (Lipinski definition) is 7. The molecule has 0 unspecified atom stereocenters. The molecule has 2 rings (SSSR count). The molecule has 2 aromatic rings. The van der Waals surface area contributed by atoms with E-state index in [0.29, 0.717) is 5.69 Å². The molecule has 0 saturated heterocycles. The molecule has 0 amide bonds. The first-order chi connectivity index (χ1) is 11.3. The van der Waals surface area contributed by atoms with Crippen LogP contribution in [0, 0.1) is 10.1 Å². The highest BCUT2D eigenvalue weighted by molar-refractivity contribution is 7.89. The van der Waals surface area contributed by atoms with Gasteiger partial charge in [-0.05, 0) is 31.3 Å². The maximum atomic E-state index is 11.8. The quantitative estimate of drug-likeness (QED) is 0.534. The van der Waals surface area contributed by atoms with E-state index < -0.39 is 20.6 Å². The topological polar surface area (TPSA) is 131 Å². The van der Waals surface area contributed by atoms with Gasteiger partial charge in [0.05, 0.1) is 16.9 Å². The zero-order chi connectivity index (χ0) is 17.9. The normalized spacial score (nSPS) is 11.1. The Morgan fingerprint density at radius 2 is 1.92 bits per heavy atom. The highest BCUT2D eigenvalue weighted by atomic mass is 32.2. The van der Waals surface area contributed by atoms with Gasteiger partial charge in [0.15, 0.2) is 11.5 Å². The van der Waals surface area contributed by atoms with Crippen molar-refractivity contribution in [3.63, 3.8) is 0 Å². The summed E-state index contributed by atoms with van der Waals surface area (Å²) in [4.78, 5) is 10.3. The van der Waals surface area contributed by atoms with Crippen LogP contribution in [0.4, 0.5) is 17.1 Å². The molecule has 0 aliphatic carbocycles. The van der Waals surface area contributed by atoms with Crippen LogP contribution in [0.3, 0.4) is 0 Å². The number of anilines is 2. The number of nitrogens with one attached hydrogen (secondary N) is 2. The standard InChI is InChI=1S/C14H15N3O6S/c1-15-24(21,22)10-4-5-11(12(8-10)17(19)20)16-9-3-6-14(23-2)13(18)7-9/h3-8,15-16,18H,1-2H3. The summed E-state index contributed by atoms with van der Waals surface area (Å²) >= 11 is 0. The second kappa shape index (κ2) is 6.72. The lowest BCUT2D eigenvalue weighted by Crippen LogP contribution is -2.18. The molecule has 3 N–H and O–H groups in total. The van der Waals surface area contributed by atoms with Crippen molar-refractivity contribution in [1.82, 2.24) is 4.72 Å². The van der Waals surface area contributed by atoms with Gasteiger partial charge in [0.25, 0.3) is 5.69 Å². The van der Waals surface area contributed by atoms with Crippen LogP contribution in [0.1, 0.15) is 0 Å². The van der Waals surface area contributed by atoms with Crippen molar-refractivity contribution < 1.29 is 23.2 Å². The van der Waals surface area contributed by atoms with Gasteiger partial charge < -0.3 is 15.2 Å². The van der Waals surface area contributed by atoms with E-state index in [1.807, 2.05) is 0 Å². The molecule has 10 heteroatoms. The Balaban J connectivity index is 2.43. The molecule has 0 radical (unpaired) electrons. The molecule has 0 aliphatic rings. The van der Waals surface area contributed by atoms with Crippen LogP contribution in [-0.2, 0) is 10.0 Å². The summed E-state index contributed by atoms with van der Waals surface area (Å²) in [7, 11) is -1.19. The number of methoxy groups -OCH3 is 1. The molecule has 0 fully saturated rings. The predicted molar refractivity (Wildman–Crippen MR) is 87.3 cm³/mol. The Kier molecular flexibility index (Phi) is 4.90. The third-order valence-electron chi connectivity index (χ3n) is 3.20. The van der Waals surface area contributed by atoms with E-state index in [-0.39, 0.29) is 22.1 Å². The highest BCUT2D eigenvalue weighted by Gasteiger charge is 2.20. The average molecular weight is 353 g/mol. The summed E-state index contributed by atoms with van der Waals surface area (Å²) in [6.45, 7) is 0. The minimum absolute atomic E-state index is 0.0830. The van der Waals surface area contributed by atoms with Gasteiger partial charge in [-0.1, -0.05) is 0 Å². The third-order valence-corrected chi connectivity index (χ3v) is 4.61. The molecule has 0 aliphatic heterocycles. The fourth-order valence-electron chi connectivity index (χ4n) is 1.98. The Labute approximate surface area is 138 Å². The van der Waals surface area contributed by atoms with Crippen molar-refractivity contribution in [3.8, 4) is 11.5 Å². The number of nitro groups is 1. The molecule has 0 spiro atoms. The Morgan fingerprint density at radius 3 is 2.46 bits per heavy atom. The minimum atomic E-state index is -3.80. The number of ether oxygens (including phenoxy) is 1. The fourth-order valence-corrected chi connectivity index (χ4v) is 2.73. The molecule has 9 nitrogen and oxygen atoms in total. The van der Waals surface area contributed by atoms with Gasteiger partial charge >= 0.3 is 0 Å². The fraction of sp³-hybridized carbons (Fsp3) is 0.143. The molecule has 0 atom stereocenters. The predicted octanol–water partition coefficient (Wildman–Crippen LogP) is 1.96. The molecule has 2 aromatic carbocycles. The second-order valence-electron chi connectivity index (χ2n) is 4.66. The largest absolute Gasteiger partial charge is 0.504 e. The summed E-state index contributed by atoms with van der Waals surface area (Å²) in [6, 6.07) is 7.86. The smallest absolute Gasteiger partial charge is 0.294 e. The average Bonchev–Trinajstić information content (AvgIpc) is 2.55. The molecule has 0 heterocycles. The van der Waals surface area contributed by atoms with E-state index in [1.54, 1.807) is 6.07 Å². The van der Waals surface area contributed by atoms with Crippen molar-refractivity contribution in [2.24, 2.45) is 0 Å². The lowest BCUT2D eigenvalue weighted by molar-refractivity contribution is -0.384. The van der Waals surface area contributed by atoms with Crippen LogP contribution in [0.15, 0.2) is 41.3 Å². The molecule has 128 valence electrons. The van der Waals surface area contributed by atoms with Gasteiger partial charge in [-0.2, -0.15) is 0 Å². The number of rotatable bonds is 6. The number of hydrogen-bond donors (Lipinski definition) is 3. The van der Waals surface area contributed by atoms with Gasteiger partial charge in [-0.25, -0.2) is 13.1 Å². The van der Waals surface area contributed by atoms with Crippen LogP contribution in [-0.4, -0.2) is 32.6 Å². The monoisotopic (exact) mass is 353 g/mol. The van der Waals surface area contributed by atoms with Gasteiger partial charge in [-0.3, -0.25) is 10.1 Å². The first kappa shape index (κ1) is 17.5. The van der Waals surface area contributed by atoms with Crippen LogP contribution >= 0.6 is 0 Å². The summed E-state index contributed by atoms with van der Waals surface area (Å²) in [5, 5.41) is 23.7. The SMILES string of the molecule is CNS(=O)(=O)c1ccc(Nc2ccc(OC)c(O)c2)c([N+](=O)[O-])c1. The lowest BCUT2D eigenvalue weighted by atomic mass is 10.2. The first-order valence-electron chi connectivity index (χ1n) is 6.64. The van der Waals surface area contributed by atoms with E-state index in [9.17, 15) is 23.6 Å². The van der Waals surface area contributed by atoms with Crippen molar-refractivity contribution in [2.75, 3.05) is 19.5 Å². The summed E-state index contributed by atoms with van der Waals surface area (Å²) in [5.74, 6) is 0.116. The van der Waals surface area contributed by atoms with Crippen LogP contribution < -0.4 is 14.8 Å². The van der Waals surface area contributed by atoms with Crippen LogP contribution in [0.25, 0.3) is 0 Å². The molecular formula is C14H15N3O6S. The summed E-state index contributed by atoms with van der Waals surface area (Å²) in [5.41, 5.74) is 0.0434. The number of phenolic OH excluding ortho intramolecular Hbond substituents is 1. The molecule has 0 saturated carbocycles. The maximum absolute atomic E-state index is 11.8. The highest BCUT2D eigenvalue weighted by Crippen LogP contribution is 2.33. The van der Waals surface area contributed by atoms with E-state index in [1.165, 1.54) is 38.4 Å². The van der Waals surface area contributed by atoms with E-state index in [4.69, 9.17) is 4.74 Å². The number of nitro benzene ring substituents is 1. The van der Waals surface area contributed by atoms with Crippen molar-refractivity contribution in [3.05, 3.63) is 46.5 Å². The van der Waals surface area contributed by atoms with Crippen LogP contribution in [0.5, 0.6) is 11.5 Å². The molecule has 0 aromatic heterocycles. The number of sulfonamides is 1. The second-order valence-corrected chi connectivity index (χ2v) is 6.54. The lowest BCUT2D eigenvalue weighted by Gasteiger charge is -2.10. The summed E-state index contributed by atoms with van der Waals surface area (Å²) < 4.78 is 30.5. The molecule has 0 bridgehead atoms. The third kappa shape index (κ3) is 3.55. The minimum Gasteiger partial charge on any atom is -0.504 e. The first-order valence-corrected chi connectivity index (χ1v) is 8.13. The van der Waals surface area contributed by atoms with Crippen LogP contribution in [0.2, 0.25) is 0 Å². The Hall–Kier alpha value is -2.85. The van der Waals surface area contributed by atoms with Gasteiger partial charge in [0.2, 0.25) is 10.0 Å². The van der Waals surface area contributed by atoms with E-state index >= 15 is 0 Å². The van der Waals surface area contributed by atoms with Gasteiger partial charge in [-0.15, -0.1) is 0 Å². The maximum Gasteiger partial charge on any atom is 0.294 e. The van der Waals surface area contributed by atoms with Gasteiger partial charge in [0, 0.05) is 17.8 Å². The number of phenols is 1. The molecule has 24 heavy (non-hydrogen) atoms. The Bertz CT molecular complexity index is 882. The summed E-state index contributed by atoms with van der Waals surface area (Å²) in [6.07, 6.45) is 0. The zero-order valence-electron chi connectivity index (χ0n) is 12.8.